The van der Waals surface area contributed by atoms with Gasteiger partial charge in [0.1, 0.15) is 0 Å². The van der Waals surface area contributed by atoms with Gasteiger partial charge in [-0.1, -0.05) is 0 Å². The van der Waals surface area contributed by atoms with E-state index in [1.165, 1.54) is 32.1 Å². The molecule has 2 amide bonds. The van der Waals surface area contributed by atoms with Crippen LogP contribution in [-0.2, 0) is 20.9 Å². The van der Waals surface area contributed by atoms with Gasteiger partial charge in [0.2, 0.25) is 0 Å². The molecule has 4 bridgehead atoms. The number of amides is 2. The maximum Gasteiger partial charge on any atom is 0.309 e. The van der Waals surface area contributed by atoms with Crippen molar-refractivity contribution in [3.05, 3.63) is 22.4 Å². The first-order valence-electron chi connectivity index (χ1n) is 9.23. The van der Waals surface area contributed by atoms with Crippen LogP contribution in [0, 0.1) is 23.7 Å². The first kappa shape index (κ1) is 17.0. The Labute approximate surface area is 152 Å². The second-order valence-corrected chi connectivity index (χ2v) is 8.74. The number of ether oxygens (including phenoxy) is 1. The quantitative estimate of drug-likeness (QED) is 0.790. The van der Waals surface area contributed by atoms with Crippen LogP contribution < -0.4 is 10.6 Å². The Balaban J connectivity index is 1.34. The van der Waals surface area contributed by atoms with E-state index in [9.17, 15) is 9.59 Å². The third-order valence-electron chi connectivity index (χ3n) is 6.66. The van der Waals surface area contributed by atoms with Crippen molar-refractivity contribution in [2.24, 2.45) is 23.7 Å². The molecular formula is C19H26N2O3S. The molecule has 5 rings (SSSR count). The number of carbonyl (C=O) groups is 2. The Morgan fingerprint density at radius 2 is 1.76 bits per heavy atom. The van der Waals surface area contributed by atoms with Crippen molar-refractivity contribution < 1.29 is 14.3 Å². The van der Waals surface area contributed by atoms with Gasteiger partial charge in [-0.3, -0.25) is 9.59 Å². The third kappa shape index (κ3) is 3.10. The average Bonchev–Trinajstić information content (AvgIpc) is 3.12. The van der Waals surface area contributed by atoms with Gasteiger partial charge in [-0.15, -0.1) is 0 Å². The summed E-state index contributed by atoms with van der Waals surface area (Å²) in [5.41, 5.74) is 0.733. The maximum atomic E-state index is 12.2. The van der Waals surface area contributed by atoms with E-state index in [0.717, 1.165) is 17.4 Å². The smallest absolute Gasteiger partial charge is 0.309 e. The molecule has 0 saturated heterocycles. The topological polar surface area (TPSA) is 67.4 Å². The van der Waals surface area contributed by atoms with E-state index in [1.54, 1.807) is 18.4 Å². The van der Waals surface area contributed by atoms with Crippen molar-refractivity contribution in [1.82, 2.24) is 10.6 Å². The van der Waals surface area contributed by atoms with E-state index in [1.807, 2.05) is 16.8 Å². The molecule has 0 atom stereocenters. The molecule has 4 saturated carbocycles. The molecule has 4 aliphatic carbocycles. The highest BCUT2D eigenvalue weighted by Crippen LogP contribution is 2.59. The van der Waals surface area contributed by atoms with E-state index in [0.29, 0.717) is 24.9 Å². The summed E-state index contributed by atoms with van der Waals surface area (Å²) in [6.45, 7) is 0.836. The van der Waals surface area contributed by atoms with Crippen molar-refractivity contribution in [2.75, 3.05) is 13.7 Å². The maximum absolute atomic E-state index is 12.2. The van der Waals surface area contributed by atoms with Gasteiger partial charge in [0, 0.05) is 20.2 Å². The first-order valence-corrected chi connectivity index (χ1v) is 10.2. The fourth-order valence-corrected chi connectivity index (χ4v) is 6.30. The van der Waals surface area contributed by atoms with Crippen molar-refractivity contribution in [3.63, 3.8) is 0 Å². The zero-order valence-corrected chi connectivity index (χ0v) is 15.4. The highest BCUT2D eigenvalue weighted by Gasteiger charge is 2.57. The number of thiophene rings is 1. The molecule has 25 heavy (non-hydrogen) atoms. The monoisotopic (exact) mass is 362 g/mol. The Morgan fingerprint density at radius 1 is 1.12 bits per heavy atom. The summed E-state index contributed by atoms with van der Waals surface area (Å²) in [5, 5.41) is 9.46. The van der Waals surface area contributed by atoms with Crippen molar-refractivity contribution in [1.29, 1.82) is 0 Å². The molecule has 0 aromatic carbocycles. The fraction of sp³-hybridized carbons (Fsp3) is 0.684. The minimum absolute atomic E-state index is 0.281. The lowest BCUT2D eigenvalue weighted by atomic mass is 9.49. The van der Waals surface area contributed by atoms with Crippen LogP contribution in [0.3, 0.4) is 0 Å². The second-order valence-electron chi connectivity index (χ2n) is 7.96. The average molecular weight is 362 g/mol. The number of nitrogens with one attached hydrogen (secondary N) is 2. The molecule has 5 nitrogen and oxygen atoms in total. The third-order valence-corrected chi connectivity index (χ3v) is 7.40. The Kier molecular flexibility index (Phi) is 4.58. The van der Waals surface area contributed by atoms with E-state index in [2.05, 4.69) is 10.6 Å². The summed E-state index contributed by atoms with van der Waals surface area (Å²) in [7, 11) is 1.77. The van der Waals surface area contributed by atoms with Gasteiger partial charge in [-0.25, -0.2) is 0 Å². The second kappa shape index (κ2) is 6.72. The van der Waals surface area contributed by atoms with E-state index >= 15 is 0 Å². The first-order chi connectivity index (χ1) is 12.1. The van der Waals surface area contributed by atoms with Crippen molar-refractivity contribution >= 4 is 23.2 Å². The van der Waals surface area contributed by atoms with Crippen LogP contribution in [0.2, 0.25) is 0 Å². The lowest BCUT2D eigenvalue weighted by Crippen LogP contribution is -2.63. The minimum atomic E-state index is -0.568. The van der Waals surface area contributed by atoms with E-state index in [-0.39, 0.29) is 5.60 Å². The Bertz CT molecular complexity index is 615. The molecule has 136 valence electrons. The summed E-state index contributed by atoms with van der Waals surface area (Å²) in [4.78, 5) is 24.3. The molecular weight excluding hydrogens is 336 g/mol. The number of carbonyl (C=O) groups excluding carboxylic acids is 2. The summed E-state index contributed by atoms with van der Waals surface area (Å²) in [6.07, 6.45) is 6.22. The van der Waals surface area contributed by atoms with Crippen molar-refractivity contribution in [2.45, 2.75) is 44.2 Å². The minimum Gasteiger partial charge on any atom is -0.376 e. The van der Waals surface area contributed by atoms with Crippen LogP contribution >= 0.6 is 11.3 Å². The zero-order valence-electron chi connectivity index (χ0n) is 14.6. The summed E-state index contributed by atoms with van der Waals surface area (Å²) >= 11 is 1.58. The number of rotatable bonds is 5. The number of hydrogen-bond donors (Lipinski definition) is 2. The standard InChI is InChI=1S/C19H26N2O3S/c1-24-19(15-5-13-4-14(7-15)8-16(19)6-13)11-21-18(23)17(22)20-9-12-2-3-25-10-12/h2-3,10,13-16H,4-9,11H2,1H3,(H,20,22)(H,21,23). The van der Waals surface area contributed by atoms with Gasteiger partial charge in [0.05, 0.1) is 5.60 Å². The predicted molar refractivity (Wildman–Crippen MR) is 96.0 cm³/mol. The van der Waals surface area contributed by atoms with Gasteiger partial charge in [-0.2, -0.15) is 11.3 Å². The lowest BCUT2D eigenvalue weighted by molar-refractivity contribution is -0.188. The van der Waals surface area contributed by atoms with Gasteiger partial charge in [0.15, 0.2) is 0 Å². The normalized spacial score (nSPS) is 35.6. The van der Waals surface area contributed by atoms with Crippen molar-refractivity contribution in [3.8, 4) is 0 Å². The largest absolute Gasteiger partial charge is 0.376 e. The van der Waals surface area contributed by atoms with Crippen LogP contribution in [-0.4, -0.2) is 31.1 Å². The van der Waals surface area contributed by atoms with Gasteiger partial charge in [0.25, 0.3) is 0 Å². The van der Waals surface area contributed by atoms with Crippen LogP contribution in [0.5, 0.6) is 0 Å². The highest BCUT2D eigenvalue weighted by molar-refractivity contribution is 7.07. The fourth-order valence-electron chi connectivity index (χ4n) is 5.63. The molecule has 0 spiro atoms. The highest BCUT2D eigenvalue weighted by atomic mass is 32.1. The lowest BCUT2D eigenvalue weighted by Gasteiger charge is -2.60. The van der Waals surface area contributed by atoms with E-state index in [4.69, 9.17) is 4.74 Å². The molecule has 1 heterocycles. The van der Waals surface area contributed by atoms with Gasteiger partial charge >= 0.3 is 11.8 Å². The Hall–Kier alpha value is -1.40. The zero-order chi connectivity index (χ0) is 17.4. The predicted octanol–water partition coefficient (Wildman–Crippen LogP) is 2.32. The molecule has 6 heteroatoms. The Morgan fingerprint density at radius 3 is 2.32 bits per heavy atom. The SMILES string of the molecule is COC1(CNC(=O)C(=O)NCc2ccsc2)C2CC3CC(C2)CC1C3. The van der Waals surface area contributed by atoms with Gasteiger partial charge in [-0.05, 0) is 78.2 Å². The molecule has 0 radical (unpaired) electrons. The molecule has 4 aliphatic rings. The van der Waals surface area contributed by atoms with E-state index < -0.39 is 11.8 Å². The molecule has 1 aromatic heterocycles. The molecule has 0 unspecified atom stereocenters. The molecule has 0 aliphatic heterocycles. The molecule has 4 fully saturated rings. The number of hydrogen-bond acceptors (Lipinski definition) is 4. The molecule has 2 N–H and O–H groups in total. The van der Waals surface area contributed by atoms with Crippen LogP contribution in [0.1, 0.15) is 37.7 Å². The summed E-state index contributed by atoms with van der Waals surface area (Å²) < 4.78 is 6.02. The summed E-state index contributed by atoms with van der Waals surface area (Å²) in [5.74, 6) is 1.60. The van der Waals surface area contributed by atoms with Crippen LogP contribution in [0.4, 0.5) is 0 Å². The van der Waals surface area contributed by atoms with Crippen LogP contribution in [0.25, 0.3) is 0 Å². The van der Waals surface area contributed by atoms with Crippen LogP contribution in [0.15, 0.2) is 16.8 Å². The van der Waals surface area contributed by atoms with Gasteiger partial charge < -0.3 is 15.4 Å². The summed E-state index contributed by atoms with van der Waals surface area (Å²) in [6, 6.07) is 1.94. The number of methoxy groups -OCH3 is 1. The molecule has 1 aromatic rings.